The van der Waals surface area contributed by atoms with Crippen molar-refractivity contribution in [2.75, 3.05) is 0 Å². The molecule has 0 bridgehead atoms. The first-order valence-electron chi connectivity index (χ1n) is 5.18. The van der Waals surface area contributed by atoms with Crippen molar-refractivity contribution in [2.45, 2.75) is 11.8 Å². The standard InChI is InChI=1S/C12H12N2O2S2/c1-9-5-6-17-12(9)8-14-10-3-2-4-11(7-10)18(13,15)16/h2-8H,1H3,(H2,13,15,16). The van der Waals surface area contributed by atoms with Gasteiger partial charge >= 0.3 is 0 Å². The summed E-state index contributed by atoms with van der Waals surface area (Å²) in [4.78, 5) is 5.37. The third-order valence-electron chi connectivity index (χ3n) is 2.38. The minimum absolute atomic E-state index is 0.0695. The Balaban J connectivity index is 2.31. The van der Waals surface area contributed by atoms with Gasteiger partial charge in [0, 0.05) is 11.1 Å². The van der Waals surface area contributed by atoms with Gasteiger partial charge in [-0.1, -0.05) is 6.07 Å². The molecule has 0 radical (unpaired) electrons. The molecule has 0 atom stereocenters. The Morgan fingerprint density at radius 2 is 2.11 bits per heavy atom. The van der Waals surface area contributed by atoms with Gasteiger partial charge in [0.1, 0.15) is 0 Å². The van der Waals surface area contributed by atoms with Crippen molar-refractivity contribution in [3.63, 3.8) is 0 Å². The van der Waals surface area contributed by atoms with Crippen molar-refractivity contribution in [3.8, 4) is 0 Å². The highest BCUT2D eigenvalue weighted by Crippen LogP contribution is 2.19. The number of aryl methyl sites for hydroxylation is 1. The molecule has 0 amide bonds. The maximum absolute atomic E-state index is 11.2. The third kappa shape index (κ3) is 3.04. The lowest BCUT2D eigenvalue weighted by Crippen LogP contribution is -2.11. The molecule has 94 valence electrons. The molecule has 0 fully saturated rings. The highest BCUT2D eigenvalue weighted by Gasteiger charge is 2.07. The Hall–Kier alpha value is -1.50. The second-order valence-electron chi connectivity index (χ2n) is 3.77. The van der Waals surface area contributed by atoms with Crippen LogP contribution < -0.4 is 5.14 Å². The highest BCUT2D eigenvalue weighted by atomic mass is 32.2. The van der Waals surface area contributed by atoms with E-state index in [0.717, 1.165) is 10.4 Å². The number of benzene rings is 1. The molecule has 0 aliphatic rings. The molecule has 2 aromatic rings. The molecular formula is C12H12N2O2S2. The Labute approximate surface area is 110 Å². The number of rotatable bonds is 3. The molecule has 4 nitrogen and oxygen atoms in total. The maximum Gasteiger partial charge on any atom is 0.238 e. The zero-order valence-corrected chi connectivity index (χ0v) is 11.3. The van der Waals surface area contributed by atoms with Crippen molar-refractivity contribution in [1.82, 2.24) is 0 Å². The molecule has 1 heterocycles. The van der Waals surface area contributed by atoms with Crippen LogP contribution in [0.4, 0.5) is 5.69 Å². The summed E-state index contributed by atoms with van der Waals surface area (Å²) in [5, 5.41) is 7.05. The molecule has 6 heteroatoms. The summed E-state index contributed by atoms with van der Waals surface area (Å²) in [6.45, 7) is 2.00. The minimum atomic E-state index is -3.68. The zero-order chi connectivity index (χ0) is 13.2. The second kappa shape index (κ2) is 5.01. The first kappa shape index (κ1) is 12.9. The predicted molar refractivity (Wildman–Crippen MR) is 74.1 cm³/mol. The van der Waals surface area contributed by atoms with E-state index in [2.05, 4.69) is 4.99 Å². The van der Waals surface area contributed by atoms with E-state index in [9.17, 15) is 8.42 Å². The molecule has 1 aromatic carbocycles. The fourth-order valence-electron chi connectivity index (χ4n) is 1.39. The zero-order valence-electron chi connectivity index (χ0n) is 9.70. The number of sulfonamides is 1. The summed E-state index contributed by atoms with van der Waals surface area (Å²) in [5.74, 6) is 0. The first-order valence-corrected chi connectivity index (χ1v) is 7.60. The van der Waals surface area contributed by atoms with Gasteiger partial charge in [-0.25, -0.2) is 13.6 Å². The lowest BCUT2D eigenvalue weighted by Gasteiger charge is -1.99. The Morgan fingerprint density at radius 3 is 2.72 bits per heavy atom. The molecule has 0 saturated heterocycles. The van der Waals surface area contributed by atoms with Crippen molar-refractivity contribution >= 4 is 33.3 Å². The van der Waals surface area contributed by atoms with Crippen molar-refractivity contribution < 1.29 is 8.42 Å². The maximum atomic E-state index is 11.2. The number of nitrogens with zero attached hydrogens (tertiary/aromatic N) is 1. The van der Waals surface area contributed by atoms with E-state index < -0.39 is 10.0 Å². The monoisotopic (exact) mass is 280 g/mol. The summed E-state index contributed by atoms with van der Waals surface area (Å²) in [7, 11) is -3.68. The molecule has 1 aromatic heterocycles. The van der Waals surface area contributed by atoms with Crippen LogP contribution in [0.15, 0.2) is 45.6 Å². The Morgan fingerprint density at radius 1 is 1.33 bits per heavy atom. The van der Waals surface area contributed by atoms with Gasteiger partial charge in [-0.2, -0.15) is 0 Å². The van der Waals surface area contributed by atoms with Crippen molar-refractivity contribution in [2.24, 2.45) is 10.1 Å². The van der Waals surface area contributed by atoms with E-state index in [4.69, 9.17) is 5.14 Å². The summed E-state index contributed by atoms with van der Waals surface area (Å²) in [6, 6.07) is 8.26. The van der Waals surface area contributed by atoms with Crippen LogP contribution in [0.5, 0.6) is 0 Å². The third-order valence-corrected chi connectivity index (χ3v) is 4.24. The summed E-state index contributed by atoms with van der Waals surface area (Å²) >= 11 is 1.59. The summed E-state index contributed by atoms with van der Waals surface area (Å²) in [5.41, 5.74) is 1.71. The van der Waals surface area contributed by atoms with Gasteiger partial charge in [0.25, 0.3) is 0 Å². The van der Waals surface area contributed by atoms with Crippen LogP contribution in [0.2, 0.25) is 0 Å². The number of thiophene rings is 1. The molecule has 0 unspecified atom stereocenters. The molecular weight excluding hydrogens is 268 g/mol. The topological polar surface area (TPSA) is 72.5 Å². The molecule has 18 heavy (non-hydrogen) atoms. The summed E-state index contributed by atoms with van der Waals surface area (Å²) < 4.78 is 22.4. The van der Waals surface area contributed by atoms with E-state index >= 15 is 0 Å². The van der Waals surface area contributed by atoms with Gasteiger partial charge in [-0.15, -0.1) is 11.3 Å². The van der Waals surface area contributed by atoms with Gasteiger partial charge in [0.2, 0.25) is 10.0 Å². The number of nitrogens with two attached hydrogens (primary N) is 1. The van der Waals surface area contributed by atoms with E-state index in [1.54, 1.807) is 29.7 Å². The van der Waals surface area contributed by atoms with E-state index in [1.807, 2.05) is 18.4 Å². The lowest BCUT2D eigenvalue weighted by atomic mass is 10.3. The second-order valence-corrected chi connectivity index (χ2v) is 6.28. The molecule has 0 aliphatic heterocycles. The predicted octanol–water partition coefficient (Wildman–Crippen LogP) is 2.45. The average Bonchev–Trinajstić information content (AvgIpc) is 2.72. The normalized spacial score (nSPS) is 12.1. The van der Waals surface area contributed by atoms with Gasteiger partial charge in [0.15, 0.2) is 0 Å². The van der Waals surface area contributed by atoms with Crippen molar-refractivity contribution in [3.05, 3.63) is 46.2 Å². The Kier molecular flexibility index (Phi) is 3.60. The molecule has 0 aliphatic carbocycles. The van der Waals surface area contributed by atoms with Gasteiger partial charge in [0.05, 0.1) is 10.6 Å². The van der Waals surface area contributed by atoms with Crippen LogP contribution in [-0.4, -0.2) is 14.6 Å². The molecule has 2 N–H and O–H groups in total. The van der Waals surface area contributed by atoms with Crippen molar-refractivity contribution in [1.29, 1.82) is 0 Å². The SMILES string of the molecule is Cc1ccsc1C=Nc1cccc(S(N)(=O)=O)c1. The Bertz CT molecular complexity index is 688. The highest BCUT2D eigenvalue weighted by molar-refractivity contribution is 7.89. The fraction of sp³-hybridized carbons (Fsp3) is 0.0833. The van der Waals surface area contributed by atoms with Gasteiger partial charge in [-0.3, -0.25) is 4.99 Å². The van der Waals surface area contributed by atoms with Crippen LogP contribution in [0, 0.1) is 6.92 Å². The van der Waals surface area contributed by atoms with Gasteiger partial charge in [-0.05, 0) is 42.1 Å². The summed E-state index contributed by atoms with van der Waals surface area (Å²) in [6.07, 6.45) is 1.72. The van der Waals surface area contributed by atoms with Crippen LogP contribution in [0.25, 0.3) is 0 Å². The van der Waals surface area contributed by atoms with Crippen LogP contribution in [-0.2, 0) is 10.0 Å². The van der Waals surface area contributed by atoms with Crippen LogP contribution in [0.1, 0.15) is 10.4 Å². The number of hydrogen-bond acceptors (Lipinski definition) is 4. The first-order chi connectivity index (χ1) is 8.47. The smallest absolute Gasteiger partial charge is 0.238 e. The van der Waals surface area contributed by atoms with E-state index in [-0.39, 0.29) is 4.90 Å². The molecule has 0 saturated carbocycles. The lowest BCUT2D eigenvalue weighted by molar-refractivity contribution is 0.598. The van der Waals surface area contributed by atoms with E-state index in [1.165, 1.54) is 12.1 Å². The van der Waals surface area contributed by atoms with Gasteiger partial charge < -0.3 is 0 Å². The van der Waals surface area contributed by atoms with E-state index in [0.29, 0.717) is 5.69 Å². The molecule has 2 rings (SSSR count). The quantitative estimate of drug-likeness (QED) is 0.877. The minimum Gasteiger partial charge on any atom is -0.255 e. The number of primary sulfonamides is 1. The largest absolute Gasteiger partial charge is 0.255 e. The number of hydrogen-bond donors (Lipinski definition) is 1. The molecule has 0 spiro atoms. The van der Waals surface area contributed by atoms with Crippen LogP contribution >= 0.6 is 11.3 Å². The number of aliphatic imine (C=N–C) groups is 1. The fourth-order valence-corrected chi connectivity index (χ4v) is 2.73. The average molecular weight is 280 g/mol. The van der Waals surface area contributed by atoms with Crippen LogP contribution in [0.3, 0.4) is 0 Å².